The molecule has 0 aromatic rings. The molecule has 5 heteroatoms. The summed E-state index contributed by atoms with van der Waals surface area (Å²) in [5, 5.41) is 3.41. The lowest BCUT2D eigenvalue weighted by Gasteiger charge is -2.03. The minimum Gasteiger partial charge on any atom is -0.369 e. The van der Waals surface area contributed by atoms with E-state index in [4.69, 9.17) is 0 Å². The Balaban J connectivity index is 2.63. The maximum absolute atomic E-state index is 10.6. The summed E-state index contributed by atoms with van der Waals surface area (Å²) in [5.41, 5.74) is 0. The summed E-state index contributed by atoms with van der Waals surface area (Å²) in [5.74, 6) is 0.378. The molecule has 1 heterocycles. The lowest BCUT2D eigenvalue weighted by atomic mass is 10.5. The number of nitrogens with zero attached hydrogens (tertiary/aromatic N) is 4. The van der Waals surface area contributed by atoms with E-state index in [2.05, 4.69) is 15.3 Å². The van der Waals surface area contributed by atoms with Gasteiger partial charge >= 0.3 is 6.03 Å². The second-order valence-corrected chi connectivity index (χ2v) is 2.41. The summed E-state index contributed by atoms with van der Waals surface area (Å²) >= 11 is 0. The third-order valence-electron chi connectivity index (χ3n) is 1.04. The molecular formula is C7H9N4O. The zero-order valence-corrected chi connectivity index (χ0v) is 6.93. The number of aliphatic imine (C=N–C) groups is 2. The fourth-order valence-electron chi connectivity index (χ4n) is 0.578. The van der Waals surface area contributed by atoms with Gasteiger partial charge in [-0.25, -0.2) is 9.79 Å². The first-order valence-corrected chi connectivity index (χ1v) is 3.39. The highest BCUT2D eigenvalue weighted by Gasteiger charge is 2.03. The number of urea groups is 1. The van der Waals surface area contributed by atoms with Crippen LogP contribution in [-0.2, 0) is 0 Å². The Morgan fingerprint density at radius 1 is 1.58 bits per heavy atom. The van der Waals surface area contributed by atoms with Gasteiger partial charge in [0.25, 0.3) is 0 Å². The van der Waals surface area contributed by atoms with Crippen molar-refractivity contribution in [1.29, 1.82) is 0 Å². The highest BCUT2D eigenvalue weighted by atomic mass is 16.2. The van der Waals surface area contributed by atoms with Crippen LogP contribution in [0.4, 0.5) is 4.79 Å². The molecule has 2 amide bonds. The molecular weight excluding hydrogens is 156 g/mol. The first kappa shape index (κ1) is 8.45. The topological polar surface area (TPSA) is 59.1 Å². The average molecular weight is 165 g/mol. The minimum absolute atomic E-state index is 0.378. The predicted octanol–water partition coefficient (Wildman–Crippen LogP) is 0.226. The monoisotopic (exact) mass is 165 g/mol. The van der Waals surface area contributed by atoms with E-state index in [0.29, 0.717) is 5.84 Å². The van der Waals surface area contributed by atoms with Crippen LogP contribution in [0.5, 0.6) is 0 Å². The van der Waals surface area contributed by atoms with Gasteiger partial charge < -0.3 is 4.90 Å². The summed E-state index contributed by atoms with van der Waals surface area (Å²) in [6.45, 7) is 0. The Morgan fingerprint density at radius 2 is 2.33 bits per heavy atom. The molecule has 0 saturated carbocycles. The third kappa shape index (κ3) is 2.53. The van der Waals surface area contributed by atoms with Gasteiger partial charge in [-0.1, -0.05) is 0 Å². The van der Waals surface area contributed by atoms with E-state index < -0.39 is 6.03 Å². The van der Waals surface area contributed by atoms with Gasteiger partial charge in [0.2, 0.25) is 0 Å². The van der Waals surface area contributed by atoms with E-state index in [0.717, 1.165) is 0 Å². The zero-order chi connectivity index (χ0) is 8.97. The number of hydrogen-bond donors (Lipinski definition) is 0. The molecule has 12 heavy (non-hydrogen) atoms. The average Bonchev–Trinajstić information content (AvgIpc) is 2.01. The quantitative estimate of drug-likeness (QED) is 0.412. The molecule has 0 aromatic heterocycles. The summed E-state index contributed by atoms with van der Waals surface area (Å²) < 4.78 is 0. The Bertz CT molecular complexity index is 265. The van der Waals surface area contributed by atoms with Crippen molar-refractivity contribution in [1.82, 2.24) is 10.2 Å². The lowest BCUT2D eigenvalue weighted by molar-refractivity contribution is 0.251. The van der Waals surface area contributed by atoms with Crippen LogP contribution in [0, 0.1) is 0 Å². The van der Waals surface area contributed by atoms with E-state index in [1.165, 1.54) is 6.20 Å². The van der Waals surface area contributed by atoms with Crippen molar-refractivity contribution in [2.75, 3.05) is 14.1 Å². The Morgan fingerprint density at radius 3 is 2.92 bits per heavy atom. The Labute approximate surface area is 70.5 Å². The molecule has 0 fully saturated rings. The number of carbonyl (C=O) groups is 1. The number of hydrogen-bond acceptors (Lipinski definition) is 2. The number of amidine groups is 1. The van der Waals surface area contributed by atoms with Crippen LogP contribution in [0.25, 0.3) is 0 Å². The smallest absolute Gasteiger partial charge is 0.369 e. The van der Waals surface area contributed by atoms with Gasteiger partial charge in [-0.15, -0.1) is 0 Å². The zero-order valence-electron chi connectivity index (χ0n) is 6.93. The molecule has 1 rings (SSSR count). The molecule has 0 unspecified atom stereocenters. The molecule has 1 aliphatic rings. The van der Waals surface area contributed by atoms with Crippen molar-refractivity contribution in [2.24, 2.45) is 9.98 Å². The van der Waals surface area contributed by atoms with Gasteiger partial charge in [0.1, 0.15) is 0 Å². The maximum atomic E-state index is 10.6. The Kier molecular flexibility index (Phi) is 2.57. The van der Waals surface area contributed by atoms with Crippen molar-refractivity contribution in [3.05, 3.63) is 12.3 Å². The summed E-state index contributed by atoms with van der Waals surface area (Å²) in [6, 6.07) is -0.511. The molecule has 1 aliphatic heterocycles. The first-order chi connectivity index (χ1) is 5.68. The second-order valence-electron chi connectivity index (χ2n) is 2.41. The Hall–Kier alpha value is -1.65. The van der Waals surface area contributed by atoms with Gasteiger partial charge in [-0.2, -0.15) is 10.3 Å². The summed E-state index contributed by atoms with van der Waals surface area (Å²) in [4.78, 5) is 19.9. The third-order valence-corrected chi connectivity index (χ3v) is 1.04. The van der Waals surface area contributed by atoms with E-state index in [-0.39, 0.29) is 0 Å². The molecule has 0 spiro atoms. The number of amides is 2. The molecule has 0 bridgehead atoms. The highest BCUT2D eigenvalue weighted by Crippen LogP contribution is 1.92. The fraction of sp³-hybridized carbons (Fsp3) is 0.286. The standard InChI is InChI=1S/C7H9N4O/c1-11(2)5-9-6-3-4-8-7(12)10-6/h3-5H,1-2H3/b9-5-. The summed E-state index contributed by atoms with van der Waals surface area (Å²) in [6.07, 6.45) is 4.53. The van der Waals surface area contributed by atoms with Crippen molar-refractivity contribution in [2.45, 2.75) is 0 Å². The second kappa shape index (κ2) is 3.66. The van der Waals surface area contributed by atoms with Crippen molar-refractivity contribution in [3.8, 4) is 0 Å². The molecule has 0 aromatic carbocycles. The van der Waals surface area contributed by atoms with Crippen molar-refractivity contribution in [3.63, 3.8) is 0 Å². The van der Waals surface area contributed by atoms with Crippen LogP contribution in [-0.4, -0.2) is 37.2 Å². The molecule has 0 atom stereocenters. The molecule has 0 N–H and O–H groups in total. The molecule has 5 nitrogen and oxygen atoms in total. The first-order valence-electron chi connectivity index (χ1n) is 3.39. The van der Waals surface area contributed by atoms with Gasteiger partial charge in [0, 0.05) is 26.4 Å². The van der Waals surface area contributed by atoms with Gasteiger partial charge in [0.05, 0.1) is 6.34 Å². The van der Waals surface area contributed by atoms with Gasteiger partial charge in [-0.3, -0.25) is 0 Å². The SMILES string of the molecule is CN(C)/C=N\C1=NC(=O)[N]C=C1. The van der Waals surface area contributed by atoms with Crippen LogP contribution >= 0.6 is 0 Å². The molecule has 1 radical (unpaired) electrons. The molecule has 0 aliphatic carbocycles. The van der Waals surface area contributed by atoms with Gasteiger partial charge in [0.15, 0.2) is 5.84 Å². The van der Waals surface area contributed by atoms with Crippen molar-refractivity contribution >= 4 is 18.2 Å². The summed E-state index contributed by atoms with van der Waals surface area (Å²) in [7, 11) is 3.67. The van der Waals surface area contributed by atoms with Crippen molar-refractivity contribution < 1.29 is 4.79 Å². The lowest BCUT2D eigenvalue weighted by Crippen LogP contribution is -2.14. The largest absolute Gasteiger partial charge is 0.369 e. The van der Waals surface area contributed by atoms with E-state index in [1.807, 2.05) is 14.1 Å². The predicted molar refractivity (Wildman–Crippen MR) is 46.3 cm³/mol. The minimum atomic E-state index is -0.511. The van der Waals surface area contributed by atoms with Crippen LogP contribution in [0.2, 0.25) is 0 Å². The van der Waals surface area contributed by atoms with Crippen LogP contribution in [0.1, 0.15) is 0 Å². The number of carbonyl (C=O) groups excluding carboxylic acids is 1. The fourth-order valence-corrected chi connectivity index (χ4v) is 0.578. The van der Waals surface area contributed by atoms with E-state index in [9.17, 15) is 4.79 Å². The van der Waals surface area contributed by atoms with E-state index in [1.54, 1.807) is 17.3 Å². The normalized spacial score (nSPS) is 16.2. The molecule has 63 valence electrons. The van der Waals surface area contributed by atoms with E-state index >= 15 is 0 Å². The van der Waals surface area contributed by atoms with Gasteiger partial charge in [-0.05, 0) is 0 Å². The molecule has 0 saturated heterocycles. The van der Waals surface area contributed by atoms with Crippen LogP contribution in [0.15, 0.2) is 22.3 Å². The highest BCUT2D eigenvalue weighted by molar-refractivity contribution is 6.05. The maximum Gasteiger partial charge on any atom is 0.369 e. The van der Waals surface area contributed by atoms with Crippen LogP contribution < -0.4 is 5.32 Å². The van der Waals surface area contributed by atoms with Crippen LogP contribution in [0.3, 0.4) is 0 Å². The number of rotatable bonds is 1.